The van der Waals surface area contributed by atoms with Gasteiger partial charge in [0.15, 0.2) is 0 Å². The molecule has 0 saturated heterocycles. The highest BCUT2D eigenvalue weighted by atomic mass is 14.9. The van der Waals surface area contributed by atoms with Gasteiger partial charge in [-0.1, -0.05) is 50.2 Å². The lowest BCUT2D eigenvalue weighted by molar-refractivity contribution is 0.304. The number of fused-ring (bicyclic) bond motifs is 1. The van der Waals surface area contributed by atoms with E-state index in [-0.39, 0.29) is 5.41 Å². The van der Waals surface area contributed by atoms with Crippen molar-refractivity contribution in [2.45, 2.75) is 44.1 Å². The van der Waals surface area contributed by atoms with Crippen LogP contribution in [0.4, 0.5) is 0 Å². The highest BCUT2D eigenvalue weighted by molar-refractivity contribution is 5.34. The molecule has 0 amide bonds. The van der Waals surface area contributed by atoms with Gasteiger partial charge in [0.2, 0.25) is 0 Å². The van der Waals surface area contributed by atoms with Crippen molar-refractivity contribution in [1.82, 2.24) is 10.3 Å². The quantitative estimate of drug-likeness (QED) is 0.924. The van der Waals surface area contributed by atoms with Gasteiger partial charge in [-0.25, -0.2) is 0 Å². The Morgan fingerprint density at radius 2 is 1.90 bits per heavy atom. The van der Waals surface area contributed by atoms with E-state index in [1.54, 1.807) is 0 Å². The molecular formula is C19H24N2. The molecule has 0 aliphatic heterocycles. The fraction of sp³-hybridized carbons (Fsp3) is 0.421. The van der Waals surface area contributed by atoms with Gasteiger partial charge in [0.1, 0.15) is 0 Å². The maximum atomic E-state index is 4.68. The molecule has 1 aliphatic carbocycles. The average molecular weight is 280 g/mol. The van der Waals surface area contributed by atoms with E-state index < -0.39 is 0 Å². The number of aryl methyl sites for hydroxylation is 1. The Labute approximate surface area is 127 Å². The third-order valence-corrected chi connectivity index (χ3v) is 5.01. The van der Waals surface area contributed by atoms with Crippen LogP contribution in [0.5, 0.6) is 0 Å². The summed E-state index contributed by atoms with van der Waals surface area (Å²) in [5.41, 5.74) is 4.17. The van der Waals surface area contributed by atoms with E-state index in [0.717, 1.165) is 6.42 Å². The zero-order valence-electron chi connectivity index (χ0n) is 13.1. The number of benzene rings is 1. The smallest absolute Gasteiger partial charge is 0.0482 e. The zero-order chi connectivity index (χ0) is 14.9. The van der Waals surface area contributed by atoms with Gasteiger partial charge in [-0.15, -0.1) is 0 Å². The molecule has 0 spiro atoms. The van der Waals surface area contributed by atoms with Crippen molar-refractivity contribution < 1.29 is 0 Å². The van der Waals surface area contributed by atoms with Crippen molar-refractivity contribution in [3.63, 3.8) is 0 Å². The van der Waals surface area contributed by atoms with Crippen LogP contribution in [-0.2, 0) is 11.8 Å². The second-order valence-corrected chi connectivity index (χ2v) is 6.55. The van der Waals surface area contributed by atoms with Gasteiger partial charge in [-0.05, 0) is 37.1 Å². The van der Waals surface area contributed by atoms with Crippen LogP contribution >= 0.6 is 0 Å². The van der Waals surface area contributed by atoms with Gasteiger partial charge >= 0.3 is 0 Å². The van der Waals surface area contributed by atoms with Crippen LogP contribution in [0.1, 0.15) is 43.0 Å². The van der Waals surface area contributed by atoms with Crippen LogP contribution in [0.3, 0.4) is 0 Å². The first-order valence-electron chi connectivity index (χ1n) is 7.81. The summed E-state index contributed by atoms with van der Waals surface area (Å²) in [5, 5.41) is 3.58. The predicted octanol–water partition coefficient (Wildman–Crippen LogP) is 3.68. The van der Waals surface area contributed by atoms with E-state index >= 15 is 0 Å². The van der Waals surface area contributed by atoms with Crippen LogP contribution in [-0.4, -0.2) is 18.1 Å². The zero-order valence-corrected chi connectivity index (χ0v) is 13.1. The molecule has 1 N–H and O–H groups in total. The third kappa shape index (κ3) is 2.49. The second kappa shape index (κ2) is 5.61. The van der Waals surface area contributed by atoms with Crippen LogP contribution in [0.2, 0.25) is 0 Å². The minimum Gasteiger partial charge on any atom is -0.315 e. The minimum absolute atomic E-state index is 0.0693. The van der Waals surface area contributed by atoms with Gasteiger partial charge in [0, 0.05) is 29.3 Å². The molecule has 0 saturated carbocycles. The second-order valence-electron chi connectivity index (χ2n) is 6.55. The Morgan fingerprint density at radius 3 is 2.62 bits per heavy atom. The Hall–Kier alpha value is -1.67. The summed E-state index contributed by atoms with van der Waals surface area (Å²) in [6.07, 6.45) is 4.27. The standard InChI is InChI=1S/C19H24N2/c1-19(2,15-9-5-4-6-10-15)18(20-3)16-12-11-14-8-7-13-21-17(14)16/h4-10,13,16,18,20H,11-12H2,1-3H3. The van der Waals surface area contributed by atoms with Crippen LogP contribution in [0.25, 0.3) is 0 Å². The number of hydrogen-bond donors (Lipinski definition) is 1. The predicted molar refractivity (Wildman–Crippen MR) is 87.6 cm³/mol. The number of hydrogen-bond acceptors (Lipinski definition) is 2. The average Bonchev–Trinajstić information content (AvgIpc) is 2.93. The van der Waals surface area contributed by atoms with E-state index in [9.17, 15) is 0 Å². The molecule has 110 valence electrons. The number of nitrogens with zero attached hydrogens (tertiary/aromatic N) is 1. The number of aromatic nitrogens is 1. The first-order valence-corrected chi connectivity index (χ1v) is 7.81. The van der Waals surface area contributed by atoms with Gasteiger partial charge in [-0.2, -0.15) is 0 Å². The number of rotatable bonds is 4. The molecule has 2 nitrogen and oxygen atoms in total. The highest BCUT2D eigenvalue weighted by Gasteiger charge is 2.40. The van der Waals surface area contributed by atoms with E-state index in [4.69, 9.17) is 0 Å². The molecule has 0 bridgehead atoms. The summed E-state index contributed by atoms with van der Waals surface area (Å²) in [7, 11) is 2.08. The topological polar surface area (TPSA) is 24.9 Å². The normalized spacial score (nSPS) is 19.3. The van der Waals surface area contributed by atoms with Crippen molar-refractivity contribution >= 4 is 0 Å². The van der Waals surface area contributed by atoms with E-state index in [1.165, 1.54) is 23.2 Å². The molecule has 3 rings (SSSR count). The summed E-state index contributed by atoms with van der Waals surface area (Å²) in [6, 6.07) is 15.5. The molecule has 1 aromatic heterocycles. The molecule has 0 fully saturated rings. The lowest BCUT2D eigenvalue weighted by Gasteiger charge is -2.38. The summed E-state index contributed by atoms with van der Waals surface area (Å²) in [5.74, 6) is 0.487. The molecule has 21 heavy (non-hydrogen) atoms. The number of nitrogens with one attached hydrogen (secondary N) is 1. The third-order valence-electron chi connectivity index (χ3n) is 5.01. The molecule has 1 aliphatic rings. The van der Waals surface area contributed by atoms with Gasteiger partial charge < -0.3 is 5.32 Å². The van der Waals surface area contributed by atoms with Crippen LogP contribution in [0.15, 0.2) is 48.7 Å². The van der Waals surface area contributed by atoms with Gasteiger partial charge in [0.05, 0.1) is 0 Å². The molecule has 0 radical (unpaired) electrons. The molecule has 2 aromatic rings. The minimum atomic E-state index is 0.0693. The summed E-state index contributed by atoms with van der Waals surface area (Å²) in [6.45, 7) is 4.68. The Morgan fingerprint density at radius 1 is 1.14 bits per heavy atom. The molecule has 1 aromatic carbocycles. The maximum Gasteiger partial charge on any atom is 0.0482 e. The maximum absolute atomic E-state index is 4.68. The SMILES string of the molecule is CNC(C1CCc2cccnc21)C(C)(C)c1ccccc1. The van der Waals surface area contributed by atoms with Crippen LogP contribution in [0, 0.1) is 0 Å². The summed E-state index contributed by atoms with van der Waals surface area (Å²) >= 11 is 0. The number of likely N-dealkylation sites (N-methyl/N-ethyl adjacent to an activating group) is 1. The van der Waals surface area contributed by atoms with Crippen molar-refractivity contribution in [2.75, 3.05) is 7.05 Å². The van der Waals surface area contributed by atoms with Crippen molar-refractivity contribution in [2.24, 2.45) is 0 Å². The van der Waals surface area contributed by atoms with E-state index in [1.807, 2.05) is 6.20 Å². The first kappa shape index (κ1) is 14.3. The molecular weight excluding hydrogens is 256 g/mol. The van der Waals surface area contributed by atoms with Crippen molar-refractivity contribution in [1.29, 1.82) is 0 Å². The van der Waals surface area contributed by atoms with Crippen molar-refractivity contribution in [3.05, 3.63) is 65.5 Å². The lowest BCUT2D eigenvalue weighted by atomic mass is 9.72. The molecule has 1 heterocycles. The van der Waals surface area contributed by atoms with Crippen molar-refractivity contribution in [3.8, 4) is 0 Å². The van der Waals surface area contributed by atoms with E-state index in [0.29, 0.717) is 12.0 Å². The fourth-order valence-electron chi connectivity index (χ4n) is 3.88. The Balaban J connectivity index is 1.96. The first-order chi connectivity index (χ1) is 10.1. The number of pyridine rings is 1. The van der Waals surface area contributed by atoms with Crippen LogP contribution < -0.4 is 5.32 Å². The lowest BCUT2D eigenvalue weighted by Crippen LogP contribution is -2.47. The molecule has 2 atom stereocenters. The van der Waals surface area contributed by atoms with Gasteiger partial charge in [0.25, 0.3) is 0 Å². The Kier molecular flexibility index (Phi) is 3.81. The highest BCUT2D eigenvalue weighted by Crippen LogP contribution is 2.41. The monoisotopic (exact) mass is 280 g/mol. The van der Waals surface area contributed by atoms with Gasteiger partial charge in [-0.3, -0.25) is 4.98 Å². The summed E-state index contributed by atoms with van der Waals surface area (Å²) < 4.78 is 0. The summed E-state index contributed by atoms with van der Waals surface area (Å²) in [4.78, 5) is 4.68. The molecule has 2 unspecified atom stereocenters. The molecule has 2 heteroatoms. The largest absolute Gasteiger partial charge is 0.315 e. The fourth-order valence-corrected chi connectivity index (χ4v) is 3.88. The van der Waals surface area contributed by atoms with E-state index in [2.05, 4.69) is 73.7 Å². The Bertz CT molecular complexity index is 604.